The Labute approximate surface area is 120 Å². The lowest BCUT2D eigenvalue weighted by Gasteiger charge is -2.22. The molecule has 1 atom stereocenters. The van der Waals surface area contributed by atoms with E-state index in [4.69, 9.17) is 4.74 Å². The molecule has 21 heavy (non-hydrogen) atoms. The lowest BCUT2D eigenvalue weighted by Crippen LogP contribution is -2.34. The van der Waals surface area contributed by atoms with Crippen LogP contribution in [0.3, 0.4) is 0 Å². The number of hydrogen-bond acceptors (Lipinski definition) is 3. The number of nitrogens with one attached hydrogen (secondary N) is 1. The summed E-state index contributed by atoms with van der Waals surface area (Å²) in [5.41, 5.74) is 0.530. The SMILES string of the molecule is COc1ccc2ccccc2c1C(CO)NCC(F)(F)F. The highest BCUT2D eigenvalue weighted by atomic mass is 19.4. The van der Waals surface area contributed by atoms with Crippen LogP contribution in [0.15, 0.2) is 36.4 Å². The van der Waals surface area contributed by atoms with Gasteiger partial charge in [-0.15, -0.1) is 0 Å². The molecule has 114 valence electrons. The maximum absolute atomic E-state index is 12.4. The van der Waals surface area contributed by atoms with E-state index in [9.17, 15) is 18.3 Å². The van der Waals surface area contributed by atoms with Crippen LogP contribution < -0.4 is 10.1 Å². The molecule has 2 N–H and O–H groups in total. The zero-order valence-electron chi connectivity index (χ0n) is 11.4. The molecule has 1 unspecified atom stereocenters. The zero-order valence-corrected chi connectivity index (χ0v) is 11.4. The molecule has 0 fully saturated rings. The largest absolute Gasteiger partial charge is 0.496 e. The Balaban J connectivity index is 2.45. The first kappa shape index (κ1) is 15.6. The van der Waals surface area contributed by atoms with E-state index in [0.717, 1.165) is 10.8 Å². The highest BCUT2D eigenvalue weighted by Gasteiger charge is 2.29. The second-order valence-electron chi connectivity index (χ2n) is 4.63. The number of ether oxygens (including phenoxy) is 1. The molecule has 3 nitrogen and oxygen atoms in total. The molecular weight excluding hydrogens is 283 g/mol. The number of aliphatic hydroxyl groups is 1. The van der Waals surface area contributed by atoms with Crippen LogP contribution in [0.4, 0.5) is 13.2 Å². The van der Waals surface area contributed by atoms with Crippen molar-refractivity contribution in [3.8, 4) is 5.75 Å². The average molecular weight is 299 g/mol. The number of methoxy groups -OCH3 is 1. The van der Waals surface area contributed by atoms with Crippen LogP contribution in [-0.2, 0) is 0 Å². The molecule has 2 rings (SSSR count). The van der Waals surface area contributed by atoms with Gasteiger partial charge in [-0.3, -0.25) is 5.32 Å². The van der Waals surface area contributed by atoms with Crippen LogP contribution in [0.5, 0.6) is 5.75 Å². The summed E-state index contributed by atoms with van der Waals surface area (Å²) in [5.74, 6) is 0.447. The van der Waals surface area contributed by atoms with Crippen LogP contribution in [0.2, 0.25) is 0 Å². The summed E-state index contributed by atoms with van der Waals surface area (Å²) in [6.07, 6.45) is -4.34. The van der Waals surface area contributed by atoms with Gasteiger partial charge in [0, 0.05) is 5.56 Å². The normalized spacial score (nSPS) is 13.4. The number of halogens is 3. The summed E-state index contributed by atoms with van der Waals surface area (Å²) in [6.45, 7) is -1.63. The van der Waals surface area contributed by atoms with Crippen LogP contribution in [-0.4, -0.2) is 31.5 Å². The summed E-state index contributed by atoms with van der Waals surface area (Å²) in [6, 6.07) is 9.96. The van der Waals surface area contributed by atoms with Crippen molar-refractivity contribution in [1.29, 1.82) is 0 Å². The first-order valence-corrected chi connectivity index (χ1v) is 6.43. The summed E-state index contributed by atoms with van der Waals surface area (Å²) in [4.78, 5) is 0. The van der Waals surface area contributed by atoms with Crippen molar-refractivity contribution >= 4 is 10.8 Å². The molecule has 6 heteroatoms. The summed E-state index contributed by atoms with van der Waals surface area (Å²) in [7, 11) is 1.45. The molecule has 0 amide bonds. The topological polar surface area (TPSA) is 41.5 Å². The van der Waals surface area contributed by atoms with Crippen LogP contribution in [0.25, 0.3) is 10.8 Å². The zero-order chi connectivity index (χ0) is 15.5. The van der Waals surface area contributed by atoms with Gasteiger partial charge in [0.05, 0.1) is 26.3 Å². The first-order chi connectivity index (χ1) is 9.96. The predicted octanol–water partition coefficient (Wildman–Crippen LogP) is 3.03. The molecule has 0 aliphatic rings. The van der Waals surface area contributed by atoms with E-state index in [2.05, 4.69) is 5.32 Å². The highest BCUT2D eigenvalue weighted by Crippen LogP contribution is 2.33. The Morgan fingerprint density at radius 1 is 1.19 bits per heavy atom. The standard InChI is InChI=1S/C15H16F3NO2/c1-21-13-7-6-10-4-2-3-5-11(10)14(13)12(8-20)19-9-15(16,17)18/h2-7,12,19-20H,8-9H2,1H3. The lowest BCUT2D eigenvalue weighted by molar-refractivity contribution is -0.126. The van der Waals surface area contributed by atoms with Gasteiger partial charge in [-0.2, -0.15) is 13.2 Å². The number of benzene rings is 2. The lowest BCUT2D eigenvalue weighted by atomic mass is 9.97. The van der Waals surface area contributed by atoms with Gasteiger partial charge in [-0.1, -0.05) is 30.3 Å². The van der Waals surface area contributed by atoms with Crippen LogP contribution in [0, 0.1) is 0 Å². The van der Waals surface area contributed by atoms with E-state index in [1.165, 1.54) is 7.11 Å². The summed E-state index contributed by atoms with van der Waals surface area (Å²) in [5, 5.41) is 13.4. The predicted molar refractivity (Wildman–Crippen MR) is 74.4 cm³/mol. The molecule has 0 saturated carbocycles. The van der Waals surface area contributed by atoms with Crippen molar-refractivity contribution in [2.75, 3.05) is 20.3 Å². The molecule has 0 radical (unpaired) electrons. The quantitative estimate of drug-likeness (QED) is 0.891. The second kappa shape index (κ2) is 6.32. The van der Waals surface area contributed by atoms with Crippen molar-refractivity contribution in [2.45, 2.75) is 12.2 Å². The molecule has 2 aromatic carbocycles. The number of alkyl halides is 3. The van der Waals surface area contributed by atoms with Gasteiger partial charge in [0.1, 0.15) is 5.75 Å². The minimum absolute atomic E-state index is 0.447. The van der Waals surface area contributed by atoms with Crippen molar-refractivity contribution in [1.82, 2.24) is 5.32 Å². The Morgan fingerprint density at radius 2 is 1.90 bits per heavy atom. The minimum Gasteiger partial charge on any atom is -0.496 e. The maximum atomic E-state index is 12.4. The van der Waals surface area contributed by atoms with Crippen molar-refractivity contribution in [3.05, 3.63) is 42.0 Å². The average Bonchev–Trinajstić information content (AvgIpc) is 2.46. The van der Waals surface area contributed by atoms with E-state index >= 15 is 0 Å². The van der Waals surface area contributed by atoms with Crippen molar-refractivity contribution < 1.29 is 23.0 Å². The number of fused-ring (bicyclic) bond motifs is 1. The molecule has 0 spiro atoms. The van der Waals surface area contributed by atoms with E-state index < -0.39 is 25.4 Å². The van der Waals surface area contributed by atoms with Gasteiger partial charge < -0.3 is 9.84 Å². The van der Waals surface area contributed by atoms with Gasteiger partial charge in [-0.25, -0.2) is 0 Å². The second-order valence-corrected chi connectivity index (χ2v) is 4.63. The number of rotatable bonds is 5. The van der Waals surface area contributed by atoms with E-state index in [0.29, 0.717) is 11.3 Å². The van der Waals surface area contributed by atoms with E-state index in [1.54, 1.807) is 18.2 Å². The third kappa shape index (κ3) is 3.65. The Kier molecular flexibility index (Phi) is 4.69. The van der Waals surface area contributed by atoms with Gasteiger partial charge in [0.2, 0.25) is 0 Å². The van der Waals surface area contributed by atoms with Crippen LogP contribution >= 0.6 is 0 Å². The number of hydrogen-bond donors (Lipinski definition) is 2. The summed E-state index contributed by atoms with van der Waals surface area (Å²) >= 11 is 0. The molecule has 0 saturated heterocycles. The fraction of sp³-hybridized carbons (Fsp3) is 0.333. The van der Waals surface area contributed by atoms with Gasteiger partial charge >= 0.3 is 6.18 Å². The Hall–Kier alpha value is -1.79. The molecule has 0 aliphatic carbocycles. The molecular formula is C15H16F3NO2. The fourth-order valence-corrected chi connectivity index (χ4v) is 2.31. The smallest absolute Gasteiger partial charge is 0.401 e. The summed E-state index contributed by atoms with van der Waals surface area (Å²) < 4.78 is 42.4. The molecule has 0 heterocycles. The molecule has 0 bridgehead atoms. The van der Waals surface area contributed by atoms with E-state index in [-0.39, 0.29) is 0 Å². The monoisotopic (exact) mass is 299 g/mol. The van der Waals surface area contributed by atoms with Gasteiger partial charge in [-0.05, 0) is 16.8 Å². The number of aliphatic hydroxyl groups excluding tert-OH is 1. The van der Waals surface area contributed by atoms with Gasteiger partial charge in [0.25, 0.3) is 0 Å². The maximum Gasteiger partial charge on any atom is 0.401 e. The Morgan fingerprint density at radius 3 is 2.52 bits per heavy atom. The van der Waals surface area contributed by atoms with Gasteiger partial charge in [0.15, 0.2) is 0 Å². The minimum atomic E-state index is -4.34. The molecule has 2 aromatic rings. The third-order valence-corrected chi connectivity index (χ3v) is 3.23. The van der Waals surface area contributed by atoms with Crippen LogP contribution in [0.1, 0.15) is 11.6 Å². The molecule has 0 aliphatic heterocycles. The highest BCUT2D eigenvalue weighted by molar-refractivity contribution is 5.88. The third-order valence-electron chi connectivity index (χ3n) is 3.23. The van der Waals surface area contributed by atoms with E-state index in [1.807, 2.05) is 18.2 Å². The first-order valence-electron chi connectivity index (χ1n) is 6.43. The Bertz CT molecular complexity index is 613. The fourth-order valence-electron chi connectivity index (χ4n) is 2.31. The molecule has 0 aromatic heterocycles. The van der Waals surface area contributed by atoms with Crippen molar-refractivity contribution in [3.63, 3.8) is 0 Å². The van der Waals surface area contributed by atoms with Crippen molar-refractivity contribution in [2.24, 2.45) is 0 Å².